The lowest BCUT2D eigenvalue weighted by molar-refractivity contribution is 0.0601. The first-order valence-corrected chi connectivity index (χ1v) is 7.07. The molecule has 0 saturated carbocycles. The van der Waals surface area contributed by atoms with Gasteiger partial charge in [-0.3, -0.25) is 20.3 Å². The number of amides is 2. The maximum absolute atomic E-state index is 12.7. The van der Waals surface area contributed by atoms with E-state index in [1.54, 1.807) is 12.1 Å². The van der Waals surface area contributed by atoms with E-state index in [1.165, 1.54) is 4.90 Å². The molecule has 2 aromatic carbocycles. The molecule has 0 atom stereocenters. The number of benzene rings is 2. The lowest BCUT2D eigenvalue weighted by Gasteiger charge is -2.28. The van der Waals surface area contributed by atoms with Crippen LogP contribution in [-0.2, 0) is 0 Å². The number of hydrogen-bond acceptors (Lipinski definition) is 5. The number of imide groups is 1. The standard InChI is InChI=1S/C16H18N4O2/c1-19(2)6-7-20-15(21)12-5-3-4-10-8-11(18-17)9-13(14(10)12)16(20)22/h3-5,8-9,18H,6-7,17H2,1-2H3. The Morgan fingerprint density at radius 2 is 1.86 bits per heavy atom. The Morgan fingerprint density at radius 3 is 2.55 bits per heavy atom. The van der Waals surface area contributed by atoms with Crippen LogP contribution in [0, 0.1) is 0 Å². The predicted molar refractivity (Wildman–Crippen MR) is 85.7 cm³/mol. The van der Waals surface area contributed by atoms with Gasteiger partial charge in [0.2, 0.25) is 0 Å². The van der Waals surface area contributed by atoms with Crippen molar-refractivity contribution >= 4 is 28.3 Å². The van der Waals surface area contributed by atoms with Gasteiger partial charge in [0.05, 0.1) is 5.56 Å². The number of likely N-dealkylation sites (N-methyl/N-ethyl adjacent to an activating group) is 1. The van der Waals surface area contributed by atoms with Crippen molar-refractivity contribution < 1.29 is 9.59 Å². The van der Waals surface area contributed by atoms with Gasteiger partial charge in [-0.1, -0.05) is 12.1 Å². The average Bonchev–Trinajstić information content (AvgIpc) is 2.51. The topological polar surface area (TPSA) is 78.7 Å². The molecule has 2 amide bonds. The second-order valence-corrected chi connectivity index (χ2v) is 5.64. The summed E-state index contributed by atoms with van der Waals surface area (Å²) in [7, 11) is 3.81. The molecule has 22 heavy (non-hydrogen) atoms. The van der Waals surface area contributed by atoms with E-state index < -0.39 is 0 Å². The quantitative estimate of drug-likeness (QED) is 0.505. The van der Waals surface area contributed by atoms with Gasteiger partial charge in [0, 0.05) is 29.7 Å². The number of nitrogens with one attached hydrogen (secondary N) is 1. The molecular formula is C16H18N4O2. The van der Waals surface area contributed by atoms with Crippen LogP contribution in [0.15, 0.2) is 30.3 Å². The van der Waals surface area contributed by atoms with Gasteiger partial charge in [-0.05, 0) is 37.7 Å². The Hall–Kier alpha value is -2.44. The van der Waals surface area contributed by atoms with Crippen LogP contribution in [0.5, 0.6) is 0 Å². The number of carbonyl (C=O) groups is 2. The minimum absolute atomic E-state index is 0.238. The number of hydrazine groups is 1. The van der Waals surface area contributed by atoms with Crippen molar-refractivity contribution in [3.05, 3.63) is 41.5 Å². The van der Waals surface area contributed by atoms with Crippen molar-refractivity contribution in [2.24, 2.45) is 5.84 Å². The molecule has 2 aromatic rings. The second-order valence-electron chi connectivity index (χ2n) is 5.64. The molecule has 3 rings (SSSR count). The first kappa shape index (κ1) is 14.5. The van der Waals surface area contributed by atoms with E-state index in [9.17, 15) is 9.59 Å². The summed E-state index contributed by atoms with van der Waals surface area (Å²) in [5.74, 6) is 4.97. The van der Waals surface area contributed by atoms with Crippen LogP contribution in [0.3, 0.4) is 0 Å². The summed E-state index contributed by atoms with van der Waals surface area (Å²) in [4.78, 5) is 28.6. The maximum atomic E-state index is 12.7. The van der Waals surface area contributed by atoms with Crippen LogP contribution in [0.1, 0.15) is 20.7 Å². The maximum Gasteiger partial charge on any atom is 0.261 e. The van der Waals surface area contributed by atoms with E-state index in [0.717, 1.165) is 5.39 Å². The van der Waals surface area contributed by atoms with Gasteiger partial charge in [0.15, 0.2) is 0 Å². The van der Waals surface area contributed by atoms with Gasteiger partial charge < -0.3 is 10.3 Å². The molecule has 0 aliphatic carbocycles. The molecular weight excluding hydrogens is 280 g/mol. The minimum atomic E-state index is -0.271. The van der Waals surface area contributed by atoms with Crippen LogP contribution < -0.4 is 11.3 Å². The average molecular weight is 298 g/mol. The molecule has 0 unspecified atom stereocenters. The molecule has 0 spiro atoms. The highest BCUT2D eigenvalue weighted by molar-refractivity contribution is 6.25. The third-order valence-corrected chi connectivity index (χ3v) is 3.87. The molecule has 0 bridgehead atoms. The van der Waals surface area contributed by atoms with Crippen molar-refractivity contribution in [2.45, 2.75) is 0 Å². The van der Waals surface area contributed by atoms with Gasteiger partial charge in [-0.15, -0.1) is 0 Å². The Bertz CT molecular complexity index is 770. The molecule has 1 heterocycles. The normalized spacial score (nSPS) is 14.1. The van der Waals surface area contributed by atoms with Gasteiger partial charge in [-0.2, -0.15) is 0 Å². The molecule has 1 aliphatic heterocycles. The second kappa shape index (κ2) is 5.40. The largest absolute Gasteiger partial charge is 0.324 e. The number of hydrogen-bond donors (Lipinski definition) is 2. The molecule has 6 heteroatoms. The lowest BCUT2D eigenvalue weighted by Crippen LogP contribution is -2.43. The van der Waals surface area contributed by atoms with E-state index in [1.807, 2.05) is 37.2 Å². The fourth-order valence-electron chi connectivity index (χ4n) is 2.74. The summed E-state index contributed by atoms with van der Waals surface area (Å²) in [6.07, 6.45) is 0. The molecule has 0 radical (unpaired) electrons. The summed E-state index contributed by atoms with van der Waals surface area (Å²) < 4.78 is 0. The summed E-state index contributed by atoms with van der Waals surface area (Å²) in [5, 5.41) is 1.54. The third-order valence-electron chi connectivity index (χ3n) is 3.87. The summed E-state index contributed by atoms with van der Waals surface area (Å²) in [5.41, 5.74) is 4.30. The SMILES string of the molecule is CN(C)CCN1C(=O)c2cccc3cc(NN)cc(c23)C1=O. The smallest absolute Gasteiger partial charge is 0.261 e. The van der Waals surface area contributed by atoms with Crippen molar-refractivity contribution in [1.29, 1.82) is 0 Å². The van der Waals surface area contributed by atoms with Crippen LogP contribution in [-0.4, -0.2) is 48.8 Å². The Morgan fingerprint density at radius 1 is 1.14 bits per heavy atom. The zero-order valence-electron chi connectivity index (χ0n) is 12.6. The van der Waals surface area contributed by atoms with Gasteiger partial charge >= 0.3 is 0 Å². The van der Waals surface area contributed by atoms with E-state index in [0.29, 0.717) is 35.3 Å². The Labute approximate surface area is 128 Å². The van der Waals surface area contributed by atoms with Crippen LogP contribution in [0.2, 0.25) is 0 Å². The Kier molecular flexibility index (Phi) is 3.56. The first-order chi connectivity index (χ1) is 10.5. The number of rotatable bonds is 4. The van der Waals surface area contributed by atoms with E-state index in [2.05, 4.69) is 5.43 Å². The highest BCUT2D eigenvalue weighted by Gasteiger charge is 2.32. The van der Waals surface area contributed by atoms with Crippen molar-refractivity contribution in [1.82, 2.24) is 9.80 Å². The summed E-state index contributed by atoms with van der Waals surface area (Å²) in [6, 6.07) is 8.99. The number of nitrogens with two attached hydrogens (primary N) is 1. The number of carbonyl (C=O) groups excluding carboxylic acids is 2. The highest BCUT2D eigenvalue weighted by atomic mass is 16.2. The van der Waals surface area contributed by atoms with E-state index in [-0.39, 0.29) is 11.8 Å². The predicted octanol–water partition coefficient (Wildman–Crippen LogP) is 1.28. The van der Waals surface area contributed by atoms with Crippen LogP contribution >= 0.6 is 0 Å². The monoisotopic (exact) mass is 298 g/mol. The summed E-state index contributed by atoms with van der Waals surface area (Å²) >= 11 is 0. The van der Waals surface area contributed by atoms with Crippen LogP contribution in [0.25, 0.3) is 10.8 Å². The van der Waals surface area contributed by atoms with Gasteiger partial charge in [0.25, 0.3) is 11.8 Å². The molecule has 1 aliphatic rings. The fourth-order valence-corrected chi connectivity index (χ4v) is 2.74. The Balaban J connectivity index is 2.16. The fraction of sp³-hybridized carbons (Fsp3) is 0.250. The van der Waals surface area contributed by atoms with Crippen LogP contribution in [0.4, 0.5) is 5.69 Å². The van der Waals surface area contributed by atoms with Gasteiger partial charge in [-0.25, -0.2) is 0 Å². The molecule has 114 valence electrons. The number of anilines is 1. The molecule has 0 aromatic heterocycles. The summed E-state index contributed by atoms with van der Waals surface area (Å²) in [6.45, 7) is 0.985. The van der Waals surface area contributed by atoms with Crippen molar-refractivity contribution in [3.8, 4) is 0 Å². The zero-order valence-corrected chi connectivity index (χ0v) is 12.6. The molecule has 0 fully saturated rings. The number of nitrogens with zero attached hydrogens (tertiary/aromatic N) is 2. The third kappa shape index (κ3) is 2.22. The molecule has 0 saturated heterocycles. The lowest BCUT2D eigenvalue weighted by atomic mass is 9.93. The minimum Gasteiger partial charge on any atom is -0.324 e. The number of nitrogen functional groups attached to an aromatic ring is 1. The van der Waals surface area contributed by atoms with E-state index in [4.69, 9.17) is 5.84 Å². The highest BCUT2D eigenvalue weighted by Crippen LogP contribution is 2.32. The van der Waals surface area contributed by atoms with E-state index >= 15 is 0 Å². The molecule has 3 N–H and O–H groups in total. The zero-order chi connectivity index (χ0) is 15.9. The van der Waals surface area contributed by atoms with Gasteiger partial charge in [0.1, 0.15) is 0 Å². The molecule has 6 nitrogen and oxygen atoms in total. The van der Waals surface area contributed by atoms with Crippen molar-refractivity contribution in [3.63, 3.8) is 0 Å². The van der Waals surface area contributed by atoms with Crippen molar-refractivity contribution in [2.75, 3.05) is 32.6 Å². The first-order valence-electron chi connectivity index (χ1n) is 7.07.